The molecule has 0 bridgehead atoms. The SMILES string of the molecule is CCC1CCCCC1N1CCC(SC)(C(N)=S)CC1. The van der Waals surface area contributed by atoms with Crippen molar-refractivity contribution in [2.24, 2.45) is 11.7 Å². The van der Waals surface area contributed by atoms with Crippen LogP contribution in [0.4, 0.5) is 0 Å². The van der Waals surface area contributed by atoms with Crippen LogP contribution in [0.25, 0.3) is 0 Å². The van der Waals surface area contributed by atoms with E-state index in [1.807, 2.05) is 11.8 Å². The Labute approximate surface area is 127 Å². The van der Waals surface area contributed by atoms with Crippen LogP contribution in [0.2, 0.25) is 0 Å². The zero-order chi connectivity index (χ0) is 13.9. The largest absolute Gasteiger partial charge is 0.392 e. The summed E-state index contributed by atoms with van der Waals surface area (Å²) < 4.78 is 0.0716. The normalized spacial score (nSPS) is 32.1. The van der Waals surface area contributed by atoms with Crippen LogP contribution in [0.3, 0.4) is 0 Å². The summed E-state index contributed by atoms with van der Waals surface area (Å²) in [6.07, 6.45) is 11.4. The molecule has 2 N–H and O–H groups in total. The number of rotatable bonds is 4. The van der Waals surface area contributed by atoms with Crippen LogP contribution in [0.15, 0.2) is 0 Å². The van der Waals surface area contributed by atoms with E-state index in [1.165, 1.54) is 45.2 Å². The molecule has 0 radical (unpaired) electrons. The maximum Gasteiger partial charge on any atom is 0.0891 e. The highest BCUT2D eigenvalue weighted by Gasteiger charge is 2.39. The first-order valence-corrected chi connectivity index (χ1v) is 9.35. The van der Waals surface area contributed by atoms with Gasteiger partial charge in [-0.1, -0.05) is 38.4 Å². The maximum absolute atomic E-state index is 5.98. The van der Waals surface area contributed by atoms with E-state index in [9.17, 15) is 0 Å². The van der Waals surface area contributed by atoms with E-state index in [1.54, 1.807) is 0 Å². The highest BCUT2D eigenvalue weighted by atomic mass is 32.2. The Bertz CT molecular complexity index is 311. The van der Waals surface area contributed by atoms with Gasteiger partial charge in [0.05, 0.1) is 9.74 Å². The molecular weight excluding hydrogens is 272 g/mol. The third-order valence-corrected chi connectivity index (χ3v) is 7.24. The minimum atomic E-state index is 0.0716. The van der Waals surface area contributed by atoms with E-state index in [2.05, 4.69) is 18.1 Å². The first kappa shape index (κ1) is 15.6. The molecule has 0 aromatic carbocycles. The van der Waals surface area contributed by atoms with E-state index in [-0.39, 0.29) is 4.75 Å². The molecular formula is C15H28N2S2. The summed E-state index contributed by atoms with van der Waals surface area (Å²) in [5.74, 6) is 0.917. The maximum atomic E-state index is 5.98. The average molecular weight is 301 g/mol. The van der Waals surface area contributed by atoms with E-state index in [0.717, 1.165) is 29.8 Å². The highest BCUT2D eigenvalue weighted by molar-refractivity contribution is 8.02. The molecule has 0 aromatic rings. The molecule has 0 aromatic heterocycles. The minimum absolute atomic E-state index is 0.0716. The van der Waals surface area contributed by atoms with Gasteiger partial charge in [-0.3, -0.25) is 4.90 Å². The third kappa shape index (κ3) is 3.27. The Balaban J connectivity index is 1.97. The molecule has 4 heteroatoms. The zero-order valence-corrected chi connectivity index (χ0v) is 14.0. The van der Waals surface area contributed by atoms with Gasteiger partial charge >= 0.3 is 0 Å². The molecule has 1 heterocycles. The summed E-state index contributed by atoms with van der Waals surface area (Å²) >= 11 is 7.17. The van der Waals surface area contributed by atoms with Gasteiger partial charge in [-0.2, -0.15) is 11.8 Å². The van der Waals surface area contributed by atoms with Gasteiger partial charge in [0.1, 0.15) is 0 Å². The molecule has 2 rings (SSSR count). The third-order valence-electron chi connectivity index (χ3n) is 5.31. The van der Waals surface area contributed by atoms with Crippen LogP contribution < -0.4 is 5.73 Å². The van der Waals surface area contributed by atoms with Gasteiger partial charge in [-0.05, 0) is 37.9 Å². The van der Waals surface area contributed by atoms with Gasteiger partial charge < -0.3 is 5.73 Å². The number of likely N-dealkylation sites (tertiary alicyclic amines) is 1. The number of piperidine rings is 1. The number of thiocarbonyl (C=S) groups is 1. The molecule has 2 atom stereocenters. The predicted octanol–water partition coefficient (Wildman–Crippen LogP) is 3.44. The molecule has 1 saturated carbocycles. The fourth-order valence-corrected chi connectivity index (χ4v) is 5.16. The van der Waals surface area contributed by atoms with Crippen molar-refractivity contribution in [3.8, 4) is 0 Å². The van der Waals surface area contributed by atoms with Crippen molar-refractivity contribution in [2.45, 2.75) is 62.7 Å². The van der Waals surface area contributed by atoms with Gasteiger partial charge in [0.15, 0.2) is 0 Å². The van der Waals surface area contributed by atoms with Crippen LogP contribution in [-0.4, -0.2) is 40.0 Å². The van der Waals surface area contributed by atoms with E-state index in [4.69, 9.17) is 18.0 Å². The summed E-state index contributed by atoms with van der Waals surface area (Å²) in [6, 6.07) is 0.824. The number of thioether (sulfide) groups is 1. The standard InChI is InChI=1S/C15H28N2S2/c1-3-12-6-4-5-7-13(12)17-10-8-15(19-2,9-11-17)14(16)18/h12-13H,3-11H2,1-2H3,(H2,16,18). The molecule has 2 unspecified atom stereocenters. The fourth-order valence-electron chi connectivity index (χ4n) is 3.91. The Morgan fingerprint density at radius 1 is 1.32 bits per heavy atom. The van der Waals surface area contributed by atoms with Crippen molar-refractivity contribution in [3.05, 3.63) is 0 Å². The van der Waals surface area contributed by atoms with Crippen molar-refractivity contribution >= 4 is 29.0 Å². The van der Waals surface area contributed by atoms with Crippen LogP contribution in [0.5, 0.6) is 0 Å². The van der Waals surface area contributed by atoms with Crippen molar-refractivity contribution in [3.63, 3.8) is 0 Å². The Morgan fingerprint density at radius 2 is 1.95 bits per heavy atom. The summed E-state index contributed by atoms with van der Waals surface area (Å²) in [5.41, 5.74) is 5.98. The highest BCUT2D eigenvalue weighted by Crippen LogP contribution is 2.38. The zero-order valence-electron chi connectivity index (χ0n) is 12.4. The molecule has 0 spiro atoms. The van der Waals surface area contributed by atoms with Crippen LogP contribution in [0.1, 0.15) is 51.9 Å². The van der Waals surface area contributed by atoms with Crippen molar-refractivity contribution in [2.75, 3.05) is 19.3 Å². The first-order valence-electron chi connectivity index (χ1n) is 7.72. The lowest BCUT2D eigenvalue weighted by Gasteiger charge is -2.46. The van der Waals surface area contributed by atoms with Crippen molar-refractivity contribution < 1.29 is 0 Å². The van der Waals surface area contributed by atoms with Crippen molar-refractivity contribution in [1.82, 2.24) is 4.90 Å². The lowest BCUT2D eigenvalue weighted by Crippen LogP contribution is -2.53. The fraction of sp³-hybridized carbons (Fsp3) is 0.933. The lowest BCUT2D eigenvalue weighted by molar-refractivity contribution is 0.0799. The molecule has 0 amide bonds. The molecule has 2 fully saturated rings. The molecule has 1 saturated heterocycles. The number of hydrogen-bond acceptors (Lipinski definition) is 3. The second-order valence-electron chi connectivity index (χ2n) is 6.12. The van der Waals surface area contributed by atoms with Gasteiger partial charge in [0.2, 0.25) is 0 Å². The predicted molar refractivity (Wildman–Crippen MR) is 89.9 cm³/mol. The van der Waals surface area contributed by atoms with Crippen LogP contribution in [0, 0.1) is 5.92 Å². The lowest BCUT2D eigenvalue weighted by atomic mass is 9.80. The van der Waals surface area contributed by atoms with Gasteiger partial charge in [-0.25, -0.2) is 0 Å². The number of nitrogens with two attached hydrogens (primary N) is 1. The van der Waals surface area contributed by atoms with Crippen molar-refractivity contribution in [1.29, 1.82) is 0 Å². The number of hydrogen-bond donors (Lipinski definition) is 1. The molecule has 19 heavy (non-hydrogen) atoms. The second-order valence-corrected chi connectivity index (χ2v) is 7.75. The molecule has 1 aliphatic heterocycles. The topological polar surface area (TPSA) is 29.3 Å². The first-order chi connectivity index (χ1) is 9.13. The van der Waals surface area contributed by atoms with Crippen LogP contribution >= 0.6 is 24.0 Å². The van der Waals surface area contributed by atoms with Gasteiger partial charge in [0, 0.05) is 19.1 Å². The molecule has 2 nitrogen and oxygen atoms in total. The summed E-state index contributed by atoms with van der Waals surface area (Å²) in [4.78, 5) is 3.45. The summed E-state index contributed by atoms with van der Waals surface area (Å²) in [6.45, 7) is 4.72. The summed E-state index contributed by atoms with van der Waals surface area (Å²) in [5, 5.41) is 0. The molecule has 2 aliphatic rings. The quantitative estimate of drug-likeness (QED) is 0.805. The second kappa shape index (κ2) is 6.77. The minimum Gasteiger partial charge on any atom is -0.392 e. The van der Waals surface area contributed by atoms with Crippen LogP contribution in [-0.2, 0) is 0 Å². The number of nitrogens with zero attached hydrogens (tertiary/aromatic N) is 1. The average Bonchev–Trinajstić information content (AvgIpc) is 2.47. The van der Waals surface area contributed by atoms with E-state index >= 15 is 0 Å². The van der Waals surface area contributed by atoms with Gasteiger partial charge in [0.25, 0.3) is 0 Å². The molecule has 110 valence electrons. The molecule has 1 aliphatic carbocycles. The monoisotopic (exact) mass is 300 g/mol. The van der Waals surface area contributed by atoms with E-state index < -0.39 is 0 Å². The smallest absolute Gasteiger partial charge is 0.0891 e. The Kier molecular flexibility index (Phi) is 5.55. The van der Waals surface area contributed by atoms with Gasteiger partial charge in [-0.15, -0.1) is 0 Å². The Hall–Kier alpha value is 0.200. The summed E-state index contributed by atoms with van der Waals surface area (Å²) in [7, 11) is 0. The Morgan fingerprint density at radius 3 is 2.47 bits per heavy atom. The van der Waals surface area contributed by atoms with E-state index in [0.29, 0.717) is 0 Å².